The zero-order valence-electron chi connectivity index (χ0n) is 11.3. The molecule has 104 valence electrons. The van der Waals surface area contributed by atoms with Gasteiger partial charge in [-0.15, -0.1) is 0 Å². The SMILES string of the molecule is CC(C)NC(=O)NC(=O)CN1CCC(C)C1CO. The number of carbonyl (C=O) groups is 2. The molecule has 1 rings (SSSR count). The van der Waals surface area contributed by atoms with Crippen LogP contribution in [0.2, 0.25) is 0 Å². The number of aliphatic hydroxyl groups excluding tert-OH is 1. The fourth-order valence-corrected chi connectivity index (χ4v) is 2.23. The number of nitrogens with one attached hydrogen (secondary N) is 2. The highest BCUT2D eigenvalue weighted by Crippen LogP contribution is 2.22. The van der Waals surface area contributed by atoms with Crippen molar-refractivity contribution in [2.75, 3.05) is 19.7 Å². The Hall–Kier alpha value is -1.14. The van der Waals surface area contributed by atoms with Crippen molar-refractivity contribution in [1.82, 2.24) is 15.5 Å². The summed E-state index contributed by atoms with van der Waals surface area (Å²) in [5.41, 5.74) is 0. The van der Waals surface area contributed by atoms with E-state index in [2.05, 4.69) is 17.6 Å². The Morgan fingerprint density at radius 1 is 1.44 bits per heavy atom. The van der Waals surface area contributed by atoms with E-state index >= 15 is 0 Å². The second kappa shape index (κ2) is 6.70. The van der Waals surface area contributed by atoms with Crippen LogP contribution in [0.1, 0.15) is 27.2 Å². The quantitative estimate of drug-likeness (QED) is 0.658. The van der Waals surface area contributed by atoms with Gasteiger partial charge >= 0.3 is 6.03 Å². The zero-order chi connectivity index (χ0) is 13.7. The highest BCUT2D eigenvalue weighted by molar-refractivity contribution is 5.95. The molecule has 0 aromatic carbocycles. The van der Waals surface area contributed by atoms with Crippen LogP contribution < -0.4 is 10.6 Å². The van der Waals surface area contributed by atoms with Gasteiger partial charge in [-0.2, -0.15) is 0 Å². The molecule has 1 fully saturated rings. The molecule has 0 spiro atoms. The van der Waals surface area contributed by atoms with Crippen molar-refractivity contribution in [3.05, 3.63) is 0 Å². The van der Waals surface area contributed by atoms with Crippen LogP contribution in [0, 0.1) is 5.92 Å². The van der Waals surface area contributed by atoms with Crippen molar-refractivity contribution in [2.24, 2.45) is 5.92 Å². The van der Waals surface area contributed by atoms with Gasteiger partial charge in [-0.05, 0) is 32.7 Å². The van der Waals surface area contributed by atoms with Gasteiger partial charge in [0.15, 0.2) is 0 Å². The number of hydrogen-bond acceptors (Lipinski definition) is 4. The minimum atomic E-state index is -0.470. The van der Waals surface area contributed by atoms with Gasteiger partial charge in [0.1, 0.15) is 0 Å². The molecule has 6 heteroatoms. The standard InChI is InChI=1S/C12H23N3O3/c1-8(2)13-12(18)14-11(17)6-15-5-4-9(3)10(15)7-16/h8-10,16H,4-7H2,1-3H3,(H2,13,14,17,18). The molecule has 2 atom stereocenters. The van der Waals surface area contributed by atoms with Crippen molar-refractivity contribution in [1.29, 1.82) is 0 Å². The Morgan fingerprint density at radius 3 is 2.67 bits per heavy atom. The molecule has 0 aromatic rings. The van der Waals surface area contributed by atoms with E-state index < -0.39 is 6.03 Å². The molecule has 1 saturated heterocycles. The second-order valence-corrected chi connectivity index (χ2v) is 5.16. The fourth-order valence-electron chi connectivity index (χ4n) is 2.23. The van der Waals surface area contributed by atoms with Gasteiger partial charge in [-0.1, -0.05) is 6.92 Å². The second-order valence-electron chi connectivity index (χ2n) is 5.16. The normalized spacial score (nSPS) is 24.3. The lowest BCUT2D eigenvalue weighted by atomic mass is 10.0. The van der Waals surface area contributed by atoms with Crippen LogP contribution in [0.5, 0.6) is 0 Å². The van der Waals surface area contributed by atoms with E-state index in [1.807, 2.05) is 18.7 Å². The Labute approximate surface area is 108 Å². The molecule has 3 amide bonds. The Morgan fingerprint density at radius 2 is 2.11 bits per heavy atom. The molecular formula is C12H23N3O3. The molecule has 1 aliphatic heterocycles. The van der Waals surface area contributed by atoms with Crippen molar-refractivity contribution in [3.8, 4) is 0 Å². The van der Waals surface area contributed by atoms with Crippen LogP contribution >= 0.6 is 0 Å². The summed E-state index contributed by atoms with van der Waals surface area (Å²) >= 11 is 0. The predicted octanol–water partition coefficient (Wildman–Crippen LogP) is -0.0767. The van der Waals surface area contributed by atoms with E-state index in [1.165, 1.54) is 0 Å². The molecule has 0 saturated carbocycles. The van der Waals surface area contributed by atoms with Crippen LogP contribution in [-0.2, 0) is 4.79 Å². The van der Waals surface area contributed by atoms with Crippen molar-refractivity contribution in [3.63, 3.8) is 0 Å². The van der Waals surface area contributed by atoms with Gasteiger partial charge in [0.2, 0.25) is 5.91 Å². The van der Waals surface area contributed by atoms with Gasteiger partial charge in [-0.3, -0.25) is 15.0 Å². The van der Waals surface area contributed by atoms with Crippen LogP contribution in [0.3, 0.4) is 0 Å². The molecule has 0 aliphatic carbocycles. The van der Waals surface area contributed by atoms with Crippen molar-refractivity contribution in [2.45, 2.75) is 39.3 Å². The Bertz CT molecular complexity index is 307. The summed E-state index contributed by atoms with van der Waals surface area (Å²) in [6, 6.07) is -0.457. The Balaban J connectivity index is 2.38. The first-order valence-electron chi connectivity index (χ1n) is 6.39. The lowest BCUT2D eigenvalue weighted by Gasteiger charge is -2.24. The summed E-state index contributed by atoms with van der Waals surface area (Å²) in [6.45, 7) is 6.70. The number of aliphatic hydroxyl groups is 1. The summed E-state index contributed by atoms with van der Waals surface area (Å²) in [6.07, 6.45) is 0.969. The highest BCUT2D eigenvalue weighted by Gasteiger charge is 2.31. The molecule has 1 heterocycles. The van der Waals surface area contributed by atoms with Gasteiger partial charge in [0.25, 0.3) is 0 Å². The summed E-state index contributed by atoms with van der Waals surface area (Å²) in [4.78, 5) is 24.9. The van der Waals surface area contributed by atoms with E-state index in [4.69, 9.17) is 0 Å². The summed E-state index contributed by atoms with van der Waals surface area (Å²) in [5, 5.41) is 14.1. The van der Waals surface area contributed by atoms with Gasteiger partial charge in [-0.25, -0.2) is 4.79 Å². The largest absolute Gasteiger partial charge is 0.395 e. The molecule has 1 aliphatic rings. The number of carbonyl (C=O) groups excluding carboxylic acids is 2. The van der Waals surface area contributed by atoms with Crippen molar-refractivity contribution >= 4 is 11.9 Å². The average Bonchev–Trinajstić information content (AvgIpc) is 2.57. The van der Waals surface area contributed by atoms with E-state index in [0.29, 0.717) is 5.92 Å². The molecule has 2 unspecified atom stereocenters. The highest BCUT2D eigenvalue weighted by atomic mass is 16.3. The van der Waals surface area contributed by atoms with Crippen LogP contribution in [0.25, 0.3) is 0 Å². The smallest absolute Gasteiger partial charge is 0.321 e. The lowest BCUT2D eigenvalue weighted by Crippen LogP contribution is -2.48. The van der Waals surface area contributed by atoms with Crippen molar-refractivity contribution < 1.29 is 14.7 Å². The minimum Gasteiger partial charge on any atom is -0.395 e. The minimum absolute atomic E-state index is 0.00482. The average molecular weight is 257 g/mol. The molecule has 0 radical (unpaired) electrons. The maximum atomic E-state index is 11.7. The first-order valence-corrected chi connectivity index (χ1v) is 6.39. The zero-order valence-corrected chi connectivity index (χ0v) is 11.3. The molecule has 3 N–H and O–H groups in total. The van der Waals surface area contributed by atoms with E-state index in [0.717, 1.165) is 13.0 Å². The van der Waals surface area contributed by atoms with E-state index in [9.17, 15) is 14.7 Å². The molecule has 18 heavy (non-hydrogen) atoms. The topological polar surface area (TPSA) is 81.7 Å². The van der Waals surface area contributed by atoms with Gasteiger partial charge in [0, 0.05) is 12.1 Å². The monoisotopic (exact) mass is 257 g/mol. The van der Waals surface area contributed by atoms with Crippen LogP contribution in [0.4, 0.5) is 4.79 Å². The number of urea groups is 1. The number of amides is 3. The lowest BCUT2D eigenvalue weighted by molar-refractivity contribution is -0.121. The predicted molar refractivity (Wildman–Crippen MR) is 68.0 cm³/mol. The Kier molecular flexibility index (Phi) is 5.55. The molecule has 0 bridgehead atoms. The van der Waals surface area contributed by atoms with E-state index in [1.54, 1.807) is 0 Å². The third-order valence-electron chi connectivity index (χ3n) is 3.20. The first kappa shape index (κ1) is 14.9. The number of imide groups is 1. The number of nitrogens with zero attached hydrogens (tertiary/aromatic N) is 1. The maximum Gasteiger partial charge on any atom is 0.321 e. The fraction of sp³-hybridized carbons (Fsp3) is 0.833. The van der Waals surface area contributed by atoms with E-state index in [-0.39, 0.29) is 31.1 Å². The van der Waals surface area contributed by atoms with Crippen LogP contribution in [-0.4, -0.2) is 53.7 Å². The third-order valence-corrected chi connectivity index (χ3v) is 3.20. The first-order chi connectivity index (χ1) is 8.43. The summed E-state index contributed by atoms with van der Waals surface area (Å²) in [7, 11) is 0. The number of likely N-dealkylation sites (tertiary alicyclic amines) is 1. The maximum absolute atomic E-state index is 11.7. The third kappa shape index (κ3) is 4.27. The van der Waals surface area contributed by atoms with Gasteiger partial charge < -0.3 is 10.4 Å². The summed E-state index contributed by atoms with van der Waals surface area (Å²) < 4.78 is 0. The number of rotatable bonds is 4. The number of hydrogen-bond donors (Lipinski definition) is 3. The molecule has 0 aromatic heterocycles. The van der Waals surface area contributed by atoms with Gasteiger partial charge in [0.05, 0.1) is 13.2 Å². The molecular weight excluding hydrogens is 234 g/mol. The van der Waals surface area contributed by atoms with Crippen LogP contribution in [0.15, 0.2) is 0 Å². The molecule has 6 nitrogen and oxygen atoms in total. The summed E-state index contributed by atoms with van der Waals surface area (Å²) in [5.74, 6) is 0.0491.